The normalized spacial score (nSPS) is 16.4. The summed E-state index contributed by atoms with van der Waals surface area (Å²) in [4.78, 5) is 11.1. The molecule has 0 aliphatic carbocycles. The quantitative estimate of drug-likeness (QED) is 0.745. The molecular weight excluding hydrogens is 202 g/mol. The Kier molecular flexibility index (Phi) is 2.21. The molecule has 0 fully saturated rings. The molecule has 2 rings (SSSR count). The van der Waals surface area contributed by atoms with Gasteiger partial charge in [-0.15, -0.1) is 0 Å². The molecule has 1 aliphatic heterocycles. The average molecular weight is 212 g/mol. The minimum absolute atomic E-state index is 0.0289. The van der Waals surface area contributed by atoms with Crippen LogP contribution >= 0.6 is 11.6 Å². The van der Waals surface area contributed by atoms with Gasteiger partial charge in [-0.2, -0.15) is 0 Å². The Morgan fingerprint density at radius 3 is 2.93 bits per heavy atom. The first-order valence-corrected chi connectivity index (χ1v) is 4.76. The fourth-order valence-electron chi connectivity index (χ4n) is 1.59. The van der Waals surface area contributed by atoms with Crippen LogP contribution in [-0.2, 0) is 11.2 Å². The minimum Gasteiger partial charge on any atom is -0.389 e. The van der Waals surface area contributed by atoms with Gasteiger partial charge >= 0.3 is 0 Å². The number of fused-ring (bicyclic) bond motifs is 1. The lowest BCUT2D eigenvalue weighted by Crippen LogP contribution is -2.03. The molecule has 1 atom stereocenters. The maximum Gasteiger partial charge on any atom is 0.228 e. The van der Waals surface area contributed by atoms with Crippen LogP contribution in [0.2, 0.25) is 5.02 Å². The molecule has 74 valence electrons. The smallest absolute Gasteiger partial charge is 0.228 e. The summed E-state index contributed by atoms with van der Waals surface area (Å²) in [6.45, 7) is 1.65. The number of aliphatic hydroxyl groups excluding tert-OH is 1. The van der Waals surface area contributed by atoms with Crippen LogP contribution in [0.15, 0.2) is 12.1 Å². The third kappa shape index (κ3) is 1.49. The summed E-state index contributed by atoms with van der Waals surface area (Å²) in [5, 5.41) is 12.6. The van der Waals surface area contributed by atoms with Crippen LogP contribution in [0.5, 0.6) is 0 Å². The number of carbonyl (C=O) groups is 1. The third-order valence-electron chi connectivity index (χ3n) is 2.30. The largest absolute Gasteiger partial charge is 0.389 e. The molecule has 0 aromatic heterocycles. The van der Waals surface area contributed by atoms with E-state index in [1.165, 1.54) is 0 Å². The zero-order chi connectivity index (χ0) is 10.3. The summed E-state index contributed by atoms with van der Waals surface area (Å²) >= 11 is 5.94. The molecule has 2 N–H and O–H groups in total. The number of rotatable bonds is 1. The molecule has 0 radical (unpaired) electrons. The van der Waals surface area contributed by atoms with Crippen molar-refractivity contribution >= 4 is 23.2 Å². The van der Waals surface area contributed by atoms with E-state index in [4.69, 9.17) is 11.6 Å². The number of halogens is 1. The molecule has 3 nitrogen and oxygen atoms in total. The van der Waals surface area contributed by atoms with Crippen LogP contribution in [0.25, 0.3) is 0 Å². The zero-order valence-corrected chi connectivity index (χ0v) is 8.43. The number of aliphatic hydroxyl groups is 1. The summed E-state index contributed by atoms with van der Waals surface area (Å²) in [7, 11) is 0. The molecule has 0 spiro atoms. The van der Waals surface area contributed by atoms with Gasteiger partial charge in [-0.1, -0.05) is 11.6 Å². The van der Waals surface area contributed by atoms with Crippen LogP contribution in [0.3, 0.4) is 0 Å². The SMILES string of the molecule is C[C@@H](O)c1cc2c(cc1Cl)NC(=O)C2. The standard InChI is InChI=1S/C10H10ClNO2/c1-5(13)7-2-6-3-10(14)12-9(6)4-8(7)11/h2,4-5,13H,3H2,1H3,(H,12,14)/t5-/m1/s1. The van der Waals surface area contributed by atoms with Crippen LogP contribution in [-0.4, -0.2) is 11.0 Å². The lowest BCUT2D eigenvalue weighted by atomic mass is 10.1. The average Bonchev–Trinajstić information content (AvgIpc) is 2.42. The fourth-order valence-corrected chi connectivity index (χ4v) is 1.91. The van der Waals surface area contributed by atoms with Crippen molar-refractivity contribution in [3.8, 4) is 0 Å². The summed E-state index contributed by atoms with van der Waals surface area (Å²) in [6.07, 6.45) is -0.241. The van der Waals surface area contributed by atoms with Crippen molar-refractivity contribution in [1.29, 1.82) is 0 Å². The first kappa shape index (κ1) is 9.49. The maximum absolute atomic E-state index is 11.1. The van der Waals surface area contributed by atoms with E-state index in [0.29, 0.717) is 17.0 Å². The van der Waals surface area contributed by atoms with Crippen molar-refractivity contribution in [2.75, 3.05) is 5.32 Å². The van der Waals surface area contributed by atoms with Gasteiger partial charge in [-0.25, -0.2) is 0 Å². The second-order valence-electron chi connectivity index (χ2n) is 3.43. The zero-order valence-electron chi connectivity index (χ0n) is 7.67. The number of nitrogens with one attached hydrogen (secondary N) is 1. The van der Waals surface area contributed by atoms with Crippen LogP contribution in [0.4, 0.5) is 5.69 Å². The lowest BCUT2D eigenvalue weighted by Gasteiger charge is -2.09. The van der Waals surface area contributed by atoms with Gasteiger partial charge in [0.15, 0.2) is 0 Å². The summed E-state index contributed by atoms with van der Waals surface area (Å²) in [5.74, 6) is -0.0289. The summed E-state index contributed by atoms with van der Waals surface area (Å²) < 4.78 is 0. The number of amides is 1. The van der Waals surface area contributed by atoms with Gasteiger partial charge < -0.3 is 10.4 Å². The van der Waals surface area contributed by atoms with Crippen molar-refractivity contribution in [3.63, 3.8) is 0 Å². The molecule has 1 heterocycles. The predicted molar refractivity (Wildman–Crippen MR) is 54.4 cm³/mol. The van der Waals surface area contributed by atoms with Gasteiger partial charge in [0.05, 0.1) is 12.5 Å². The first-order valence-electron chi connectivity index (χ1n) is 4.38. The van der Waals surface area contributed by atoms with Crippen molar-refractivity contribution in [2.45, 2.75) is 19.4 Å². The van der Waals surface area contributed by atoms with Gasteiger partial charge in [0, 0.05) is 10.7 Å². The number of anilines is 1. The highest BCUT2D eigenvalue weighted by Gasteiger charge is 2.20. The predicted octanol–water partition coefficient (Wildman–Crippen LogP) is 1.89. The molecular formula is C10H10ClNO2. The highest BCUT2D eigenvalue weighted by atomic mass is 35.5. The Balaban J connectivity index is 2.50. The summed E-state index contributed by atoms with van der Waals surface area (Å²) in [5.41, 5.74) is 2.32. The van der Waals surface area contributed by atoms with E-state index < -0.39 is 6.10 Å². The molecule has 14 heavy (non-hydrogen) atoms. The molecule has 0 unspecified atom stereocenters. The van der Waals surface area contributed by atoms with Gasteiger partial charge in [-0.3, -0.25) is 4.79 Å². The van der Waals surface area contributed by atoms with E-state index in [9.17, 15) is 9.90 Å². The highest BCUT2D eigenvalue weighted by Crippen LogP contribution is 2.32. The fraction of sp³-hybridized carbons (Fsp3) is 0.300. The third-order valence-corrected chi connectivity index (χ3v) is 2.63. The Hall–Kier alpha value is -1.06. The van der Waals surface area contributed by atoms with Crippen molar-refractivity contribution in [2.24, 2.45) is 0 Å². The number of benzene rings is 1. The van der Waals surface area contributed by atoms with Crippen molar-refractivity contribution < 1.29 is 9.90 Å². The van der Waals surface area contributed by atoms with E-state index in [0.717, 1.165) is 11.3 Å². The molecule has 1 amide bonds. The highest BCUT2D eigenvalue weighted by molar-refractivity contribution is 6.32. The monoisotopic (exact) mass is 211 g/mol. The number of hydrogen-bond acceptors (Lipinski definition) is 2. The molecule has 0 saturated carbocycles. The Morgan fingerprint density at radius 1 is 1.57 bits per heavy atom. The maximum atomic E-state index is 11.1. The van der Waals surface area contributed by atoms with E-state index in [1.807, 2.05) is 0 Å². The van der Waals surface area contributed by atoms with Crippen LogP contribution in [0.1, 0.15) is 24.2 Å². The van der Waals surface area contributed by atoms with Crippen molar-refractivity contribution in [1.82, 2.24) is 0 Å². The molecule has 0 saturated heterocycles. The van der Waals surface area contributed by atoms with E-state index in [2.05, 4.69) is 5.32 Å². The summed E-state index contributed by atoms with van der Waals surface area (Å²) in [6, 6.07) is 3.46. The van der Waals surface area contributed by atoms with Crippen LogP contribution < -0.4 is 5.32 Å². The minimum atomic E-state index is -0.608. The molecule has 1 aromatic rings. The van der Waals surface area contributed by atoms with E-state index in [1.54, 1.807) is 19.1 Å². The van der Waals surface area contributed by atoms with Gasteiger partial charge in [0.1, 0.15) is 0 Å². The Morgan fingerprint density at radius 2 is 2.29 bits per heavy atom. The van der Waals surface area contributed by atoms with Crippen LogP contribution in [0, 0.1) is 0 Å². The van der Waals surface area contributed by atoms with E-state index in [-0.39, 0.29) is 5.91 Å². The molecule has 0 bridgehead atoms. The second-order valence-corrected chi connectivity index (χ2v) is 3.84. The second kappa shape index (κ2) is 3.26. The Bertz CT molecular complexity index is 401. The number of hydrogen-bond donors (Lipinski definition) is 2. The van der Waals surface area contributed by atoms with E-state index >= 15 is 0 Å². The molecule has 1 aliphatic rings. The first-order chi connectivity index (χ1) is 6.58. The number of carbonyl (C=O) groups excluding carboxylic acids is 1. The van der Waals surface area contributed by atoms with Gasteiger partial charge in [-0.05, 0) is 30.2 Å². The van der Waals surface area contributed by atoms with Crippen molar-refractivity contribution in [3.05, 3.63) is 28.3 Å². The molecule has 4 heteroatoms. The van der Waals surface area contributed by atoms with Gasteiger partial charge in [0.25, 0.3) is 0 Å². The topological polar surface area (TPSA) is 49.3 Å². The Labute approximate surface area is 86.7 Å². The van der Waals surface area contributed by atoms with Gasteiger partial charge in [0.2, 0.25) is 5.91 Å². The molecule has 1 aromatic carbocycles. The lowest BCUT2D eigenvalue weighted by molar-refractivity contribution is -0.115.